The lowest BCUT2D eigenvalue weighted by Crippen LogP contribution is -2.03. The number of hydrogen-bond acceptors (Lipinski definition) is 4. The van der Waals surface area contributed by atoms with Gasteiger partial charge >= 0.3 is 0 Å². The number of fused-ring (bicyclic) bond motifs is 1. The van der Waals surface area contributed by atoms with Crippen LogP contribution in [0.2, 0.25) is 0 Å². The van der Waals surface area contributed by atoms with E-state index in [4.69, 9.17) is 14.2 Å². The van der Waals surface area contributed by atoms with Gasteiger partial charge in [0.05, 0.1) is 7.11 Å². The maximum absolute atomic E-state index is 14.1. The molecule has 0 saturated carbocycles. The fourth-order valence-electron chi connectivity index (χ4n) is 1.87. The molecule has 92 valence electrons. The van der Waals surface area contributed by atoms with Gasteiger partial charge in [-0.25, -0.2) is 4.39 Å². The third-order valence-corrected chi connectivity index (χ3v) is 2.76. The first kappa shape index (κ1) is 11.7. The van der Waals surface area contributed by atoms with Gasteiger partial charge in [0.1, 0.15) is 6.29 Å². The van der Waals surface area contributed by atoms with Crippen LogP contribution in [0, 0.1) is 5.82 Å². The van der Waals surface area contributed by atoms with Gasteiger partial charge in [0.15, 0.2) is 23.1 Å². The van der Waals surface area contributed by atoms with Gasteiger partial charge in [0, 0.05) is 18.1 Å². The summed E-state index contributed by atoms with van der Waals surface area (Å²) in [5.41, 5.74) is 0.337. The quantitative estimate of drug-likeness (QED) is 0.757. The SMILES string of the molecule is COc1cc2c(c(C(C)CC=O)c1F)OCO2. The van der Waals surface area contributed by atoms with Gasteiger partial charge in [-0.05, 0) is 5.92 Å². The first-order valence-corrected chi connectivity index (χ1v) is 5.28. The Bertz CT molecular complexity index is 444. The van der Waals surface area contributed by atoms with E-state index >= 15 is 0 Å². The molecule has 1 atom stereocenters. The van der Waals surface area contributed by atoms with Crippen LogP contribution in [0.5, 0.6) is 17.2 Å². The lowest BCUT2D eigenvalue weighted by atomic mass is 9.96. The van der Waals surface area contributed by atoms with Crippen LogP contribution in [-0.4, -0.2) is 20.2 Å². The second-order valence-electron chi connectivity index (χ2n) is 3.84. The van der Waals surface area contributed by atoms with Crippen molar-refractivity contribution in [3.05, 3.63) is 17.4 Å². The molecule has 0 spiro atoms. The van der Waals surface area contributed by atoms with Gasteiger partial charge < -0.3 is 19.0 Å². The van der Waals surface area contributed by atoms with Crippen molar-refractivity contribution >= 4 is 6.29 Å². The molecule has 2 rings (SSSR count). The monoisotopic (exact) mass is 240 g/mol. The van der Waals surface area contributed by atoms with E-state index < -0.39 is 5.82 Å². The molecule has 1 aromatic rings. The number of benzene rings is 1. The van der Waals surface area contributed by atoms with Crippen LogP contribution in [0.25, 0.3) is 0 Å². The third-order valence-electron chi connectivity index (χ3n) is 2.76. The zero-order valence-corrected chi connectivity index (χ0v) is 9.66. The summed E-state index contributed by atoms with van der Waals surface area (Å²) in [7, 11) is 1.38. The smallest absolute Gasteiger partial charge is 0.231 e. The Labute approximate surface area is 98.3 Å². The molecule has 1 heterocycles. The van der Waals surface area contributed by atoms with E-state index in [-0.39, 0.29) is 24.9 Å². The highest BCUT2D eigenvalue weighted by molar-refractivity contribution is 5.58. The van der Waals surface area contributed by atoms with E-state index in [0.717, 1.165) is 6.29 Å². The molecule has 0 aliphatic carbocycles. The van der Waals surface area contributed by atoms with Crippen LogP contribution in [0.4, 0.5) is 4.39 Å². The summed E-state index contributed by atoms with van der Waals surface area (Å²) in [6, 6.07) is 1.45. The number of ether oxygens (including phenoxy) is 3. The van der Waals surface area contributed by atoms with Gasteiger partial charge in [-0.3, -0.25) is 0 Å². The van der Waals surface area contributed by atoms with E-state index in [1.165, 1.54) is 13.2 Å². The zero-order valence-electron chi connectivity index (χ0n) is 9.66. The Morgan fingerprint density at radius 2 is 2.35 bits per heavy atom. The molecule has 0 saturated heterocycles. The minimum atomic E-state index is -0.494. The fraction of sp³-hybridized carbons (Fsp3) is 0.417. The molecular formula is C12H13FO4. The number of aldehydes is 1. The van der Waals surface area contributed by atoms with Crippen molar-refractivity contribution in [3.8, 4) is 17.2 Å². The highest BCUT2D eigenvalue weighted by atomic mass is 19.1. The number of methoxy groups -OCH3 is 1. The molecule has 0 aromatic heterocycles. The predicted octanol–water partition coefficient (Wildman–Crippen LogP) is 2.26. The van der Waals surface area contributed by atoms with Crippen molar-refractivity contribution in [1.29, 1.82) is 0 Å². The lowest BCUT2D eigenvalue weighted by molar-refractivity contribution is -0.108. The van der Waals surface area contributed by atoms with Crippen LogP contribution < -0.4 is 14.2 Å². The molecule has 17 heavy (non-hydrogen) atoms. The highest BCUT2D eigenvalue weighted by Gasteiger charge is 2.28. The minimum absolute atomic E-state index is 0.0583. The van der Waals surface area contributed by atoms with Crippen molar-refractivity contribution < 1.29 is 23.4 Å². The summed E-state index contributed by atoms with van der Waals surface area (Å²) in [4.78, 5) is 10.5. The average Bonchev–Trinajstić information content (AvgIpc) is 2.75. The zero-order chi connectivity index (χ0) is 12.4. The Hall–Kier alpha value is -1.78. The number of carbonyl (C=O) groups is 1. The van der Waals surface area contributed by atoms with Crippen molar-refractivity contribution in [2.75, 3.05) is 13.9 Å². The van der Waals surface area contributed by atoms with Crippen molar-refractivity contribution in [2.24, 2.45) is 0 Å². The number of rotatable bonds is 4. The van der Waals surface area contributed by atoms with Crippen LogP contribution >= 0.6 is 0 Å². The molecule has 0 bridgehead atoms. The summed E-state index contributed by atoms with van der Waals surface area (Å²) in [5.74, 6) is 0.153. The van der Waals surface area contributed by atoms with Crippen LogP contribution in [0.15, 0.2) is 6.07 Å². The molecule has 4 nitrogen and oxygen atoms in total. The van der Waals surface area contributed by atoms with Gasteiger partial charge in [-0.2, -0.15) is 0 Å². The largest absolute Gasteiger partial charge is 0.494 e. The van der Waals surface area contributed by atoms with E-state index in [9.17, 15) is 9.18 Å². The van der Waals surface area contributed by atoms with E-state index in [2.05, 4.69) is 0 Å². The summed E-state index contributed by atoms with van der Waals surface area (Å²) < 4.78 is 29.5. The Balaban J connectivity index is 2.54. The van der Waals surface area contributed by atoms with Crippen LogP contribution in [0.1, 0.15) is 24.8 Å². The highest BCUT2D eigenvalue weighted by Crippen LogP contribution is 2.45. The van der Waals surface area contributed by atoms with Crippen molar-refractivity contribution in [1.82, 2.24) is 0 Å². The van der Waals surface area contributed by atoms with Crippen molar-refractivity contribution in [2.45, 2.75) is 19.3 Å². The molecule has 1 aliphatic rings. The van der Waals surface area contributed by atoms with E-state index in [1.54, 1.807) is 6.92 Å². The normalized spacial score (nSPS) is 14.5. The minimum Gasteiger partial charge on any atom is -0.494 e. The van der Waals surface area contributed by atoms with Gasteiger partial charge in [-0.15, -0.1) is 0 Å². The standard InChI is InChI=1S/C12H13FO4/c1-7(3-4-14)10-11(13)8(15-2)5-9-12(10)17-6-16-9/h4-5,7H,3,6H2,1-2H3. The molecule has 5 heteroatoms. The van der Waals surface area contributed by atoms with Crippen LogP contribution in [-0.2, 0) is 4.79 Å². The second-order valence-corrected chi connectivity index (χ2v) is 3.84. The first-order valence-electron chi connectivity index (χ1n) is 5.28. The second kappa shape index (κ2) is 4.61. The van der Waals surface area contributed by atoms with E-state index in [0.29, 0.717) is 17.1 Å². The van der Waals surface area contributed by atoms with E-state index in [1.807, 2.05) is 0 Å². The maximum atomic E-state index is 14.1. The van der Waals surface area contributed by atoms with Crippen LogP contribution in [0.3, 0.4) is 0 Å². The fourth-order valence-corrected chi connectivity index (χ4v) is 1.87. The molecule has 0 fully saturated rings. The summed E-state index contributed by atoms with van der Waals surface area (Å²) in [5, 5.41) is 0. The number of carbonyl (C=O) groups excluding carboxylic acids is 1. The maximum Gasteiger partial charge on any atom is 0.231 e. The number of hydrogen-bond donors (Lipinski definition) is 0. The number of halogens is 1. The Kier molecular flexibility index (Phi) is 3.17. The van der Waals surface area contributed by atoms with Gasteiger partial charge in [-0.1, -0.05) is 6.92 Å². The molecule has 1 aliphatic heterocycles. The molecule has 0 amide bonds. The summed E-state index contributed by atoms with van der Waals surface area (Å²) >= 11 is 0. The lowest BCUT2D eigenvalue weighted by Gasteiger charge is -2.15. The predicted molar refractivity (Wildman–Crippen MR) is 58.2 cm³/mol. The molecule has 1 aromatic carbocycles. The Morgan fingerprint density at radius 3 is 3.00 bits per heavy atom. The first-order chi connectivity index (χ1) is 8.19. The van der Waals surface area contributed by atoms with Gasteiger partial charge in [0.25, 0.3) is 0 Å². The van der Waals surface area contributed by atoms with Crippen molar-refractivity contribution in [3.63, 3.8) is 0 Å². The molecule has 0 N–H and O–H groups in total. The molecule has 0 radical (unpaired) electrons. The topological polar surface area (TPSA) is 44.8 Å². The molecular weight excluding hydrogens is 227 g/mol. The summed E-state index contributed by atoms with van der Waals surface area (Å²) in [6.45, 7) is 1.82. The summed E-state index contributed by atoms with van der Waals surface area (Å²) in [6.07, 6.45) is 0.978. The third kappa shape index (κ3) is 1.92. The van der Waals surface area contributed by atoms with Gasteiger partial charge in [0.2, 0.25) is 6.79 Å². The average molecular weight is 240 g/mol. The molecule has 1 unspecified atom stereocenters. The Morgan fingerprint density at radius 1 is 1.59 bits per heavy atom.